The number of hydrogen-bond donors (Lipinski definition) is 2. The third-order valence-corrected chi connectivity index (χ3v) is 4.90. The standard InChI is InChI=1S/C22H21N3O2.ClH/c23-24-13-15-6-7-16-11-18(22(26)25-19-4-2-1-3-5-19)12-21(20(16)10-15)17-8-9-27-14-17;/h1-7,10-13,17H,8-9,14,23H2,(H,25,26);1H. The van der Waals surface area contributed by atoms with Gasteiger partial charge in [0, 0.05) is 23.8 Å². The molecule has 0 aromatic heterocycles. The Morgan fingerprint density at radius 1 is 1.14 bits per heavy atom. The Kier molecular flexibility index (Phi) is 6.29. The first-order valence-corrected chi connectivity index (χ1v) is 9.00. The van der Waals surface area contributed by atoms with Crippen LogP contribution >= 0.6 is 12.4 Å². The lowest BCUT2D eigenvalue weighted by Crippen LogP contribution is -2.13. The number of benzene rings is 3. The molecule has 0 radical (unpaired) electrons. The van der Waals surface area contributed by atoms with E-state index in [-0.39, 0.29) is 24.2 Å². The molecule has 1 unspecified atom stereocenters. The molecule has 5 nitrogen and oxygen atoms in total. The Hall–Kier alpha value is -2.89. The van der Waals surface area contributed by atoms with Crippen LogP contribution in [0, 0.1) is 0 Å². The summed E-state index contributed by atoms with van der Waals surface area (Å²) >= 11 is 0. The second-order valence-electron chi connectivity index (χ2n) is 6.70. The van der Waals surface area contributed by atoms with E-state index in [4.69, 9.17) is 10.6 Å². The number of hydrogen-bond acceptors (Lipinski definition) is 4. The minimum Gasteiger partial charge on any atom is -0.381 e. The van der Waals surface area contributed by atoms with Gasteiger partial charge in [0.2, 0.25) is 0 Å². The average molecular weight is 396 g/mol. The van der Waals surface area contributed by atoms with E-state index in [1.165, 1.54) is 0 Å². The maximum Gasteiger partial charge on any atom is 0.255 e. The minimum atomic E-state index is -0.115. The van der Waals surface area contributed by atoms with Crippen molar-refractivity contribution < 1.29 is 9.53 Å². The molecule has 3 N–H and O–H groups in total. The number of anilines is 1. The van der Waals surface area contributed by atoms with Crippen LogP contribution in [0.5, 0.6) is 0 Å². The van der Waals surface area contributed by atoms with E-state index >= 15 is 0 Å². The Morgan fingerprint density at radius 3 is 2.68 bits per heavy atom. The molecule has 1 atom stereocenters. The van der Waals surface area contributed by atoms with Crippen molar-refractivity contribution >= 4 is 41.0 Å². The maximum atomic E-state index is 12.8. The summed E-state index contributed by atoms with van der Waals surface area (Å²) in [4.78, 5) is 12.8. The van der Waals surface area contributed by atoms with E-state index in [9.17, 15) is 4.79 Å². The van der Waals surface area contributed by atoms with Crippen molar-refractivity contribution in [3.8, 4) is 0 Å². The fourth-order valence-electron chi connectivity index (χ4n) is 3.54. The zero-order chi connectivity index (χ0) is 18.6. The zero-order valence-corrected chi connectivity index (χ0v) is 16.1. The van der Waals surface area contributed by atoms with Crippen LogP contribution < -0.4 is 11.2 Å². The van der Waals surface area contributed by atoms with Crippen molar-refractivity contribution in [2.75, 3.05) is 18.5 Å². The van der Waals surface area contributed by atoms with Crippen LogP contribution in [0.3, 0.4) is 0 Å². The van der Waals surface area contributed by atoms with E-state index < -0.39 is 0 Å². The number of halogens is 1. The number of hydrazone groups is 1. The molecule has 0 saturated carbocycles. The minimum absolute atomic E-state index is 0. The van der Waals surface area contributed by atoms with E-state index in [1.807, 2.05) is 54.6 Å². The lowest BCUT2D eigenvalue weighted by atomic mass is 9.90. The van der Waals surface area contributed by atoms with E-state index in [2.05, 4.69) is 16.5 Å². The molecule has 1 heterocycles. The Labute approximate surface area is 170 Å². The van der Waals surface area contributed by atoms with Gasteiger partial charge in [0.15, 0.2) is 0 Å². The topological polar surface area (TPSA) is 76.7 Å². The number of para-hydroxylation sites is 1. The molecule has 4 rings (SSSR count). The summed E-state index contributed by atoms with van der Waals surface area (Å²) in [7, 11) is 0. The van der Waals surface area contributed by atoms with Gasteiger partial charge in [-0.05, 0) is 58.7 Å². The Morgan fingerprint density at radius 2 is 1.96 bits per heavy atom. The summed E-state index contributed by atoms with van der Waals surface area (Å²) in [5.74, 6) is 5.46. The van der Waals surface area contributed by atoms with Crippen molar-refractivity contribution in [3.05, 3.63) is 77.4 Å². The number of ether oxygens (including phenoxy) is 1. The Bertz CT molecular complexity index is 999. The quantitative estimate of drug-likeness (QED) is 0.392. The van der Waals surface area contributed by atoms with Crippen LogP contribution in [0.25, 0.3) is 10.8 Å². The van der Waals surface area contributed by atoms with Gasteiger partial charge in [0.05, 0.1) is 12.8 Å². The molecule has 1 aliphatic heterocycles. The lowest BCUT2D eigenvalue weighted by molar-refractivity contribution is 0.102. The third-order valence-electron chi connectivity index (χ3n) is 4.90. The second kappa shape index (κ2) is 8.87. The van der Waals surface area contributed by atoms with Gasteiger partial charge in [-0.2, -0.15) is 5.10 Å². The van der Waals surface area contributed by atoms with Crippen LogP contribution in [-0.2, 0) is 4.74 Å². The number of carbonyl (C=O) groups excluding carboxylic acids is 1. The second-order valence-corrected chi connectivity index (χ2v) is 6.70. The summed E-state index contributed by atoms with van der Waals surface area (Å²) in [6.45, 7) is 1.42. The number of nitrogens with two attached hydrogens (primary N) is 1. The van der Waals surface area contributed by atoms with Gasteiger partial charge in [0.25, 0.3) is 5.91 Å². The molecular weight excluding hydrogens is 374 g/mol. The molecule has 1 amide bonds. The average Bonchev–Trinajstić information content (AvgIpc) is 3.23. The molecule has 1 aliphatic rings. The molecule has 3 aromatic rings. The first-order valence-electron chi connectivity index (χ1n) is 9.00. The number of carbonyl (C=O) groups is 1. The van der Waals surface area contributed by atoms with Gasteiger partial charge in [-0.15, -0.1) is 12.4 Å². The van der Waals surface area contributed by atoms with Gasteiger partial charge in [0.1, 0.15) is 0 Å². The first-order chi connectivity index (χ1) is 13.2. The SMILES string of the molecule is Cl.NN=Cc1ccc2cc(C(=O)Nc3ccccc3)cc(C3CCOC3)c2c1. The highest BCUT2D eigenvalue weighted by atomic mass is 35.5. The smallest absolute Gasteiger partial charge is 0.255 e. The molecular formula is C22H22ClN3O2. The number of nitrogens with zero attached hydrogens (tertiary/aromatic N) is 1. The highest BCUT2D eigenvalue weighted by molar-refractivity contribution is 6.07. The van der Waals surface area contributed by atoms with Crippen molar-refractivity contribution in [2.24, 2.45) is 10.9 Å². The van der Waals surface area contributed by atoms with Gasteiger partial charge in [-0.25, -0.2) is 0 Å². The summed E-state index contributed by atoms with van der Waals surface area (Å²) in [6, 6.07) is 19.4. The summed E-state index contributed by atoms with van der Waals surface area (Å²) < 4.78 is 5.59. The molecule has 3 aromatic carbocycles. The van der Waals surface area contributed by atoms with Gasteiger partial charge in [-0.1, -0.05) is 30.3 Å². The predicted molar refractivity (Wildman–Crippen MR) is 116 cm³/mol. The largest absolute Gasteiger partial charge is 0.381 e. The molecule has 0 bridgehead atoms. The monoisotopic (exact) mass is 395 g/mol. The molecule has 144 valence electrons. The summed E-state index contributed by atoms with van der Waals surface area (Å²) in [5.41, 5.74) is 3.50. The van der Waals surface area contributed by atoms with Crippen LogP contribution in [0.1, 0.15) is 33.8 Å². The van der Waals surface area contributed by atoms with Gasteiger partial charge in [-0.3, -0.25) is 4.79 Å². The molecule has 0 aliphatic carbocycles. The fourth-order valence-corrected chi connectivity index (χ4v) is 3.54. The summed E-state index contributed by atoms with van der Waals surface area (Å²) in [5, 5.41) is 8.71. The van der Waals surface area contributed by atoms with Crippen molar-refractivity contribution in [1.82, 2.24) is 0 Å². The molecule has 0 spiro atoms. The van der Waals surface area contributed by atoms with Crippen LogP contribution in [0.15, 0.2) is 65.8 Å². The predicted octanol–water partition coefficient (Wildman–Crippen LogP) is 4.31. The third kappa shape index (κ3) is 4.16. The van der Waals surface area contributed by atoms with Crippen LogP contribution in [0.2, 0.25) is 0 Å². The van der Waals surface area contributed by atoms with E-state index in [1.54, 1.807) is 6.21 Å². The Balaban J connectivity index is 0.00000225. The highest BCUT2D eigenvalue weighted by Gasteiger charge is 2.22. The maximum absolute atomic E-state index is 12.8. The van der Waals surface area contributed by atoms with E-state index in [0.29, 0.717) is 12.2 Å². The molecule has 6 heteroatoms. The van der Waals surface area contributed by atoms with Crippen LogP contribution in [0.4, 0.5) is 5.69 Å². The molecule has 28 heavy (non-hydrogen) atoms. The van der Waals surface area contributed by atoms with Gasteiger partial charge >= 0.3 is 0 Å². The lowest BCUT2D eigenvalue weighted by Gasteiger charge is -2.15. The first kappa shape index (κ1) is 19.9. The van der Waals surface area contributed by atoms with Crippen molar-refractivity contribution in [2.45, 2.75) is 12.3 Å². The fraction of sp³-hybridized carbons (Fsp3) is 0.182. The molecule has 1 saturated heterocycles. The molecule has 1 fully saturated rings. The number of amides is 1. The van der Waals surface area contributed by atoms with Crippen LogP contribution in [-0.4, -0.2) is 25.3 Å². The number of fused-ring (bicyclic) bond motifs is 1. The van der Waals surface area contributed by atoms with Crippen molar-refractivity contribution in [3.63, 3.8) is 0 Å². The highest BCUT2D eigenvalue weighted by Crippen LogP contribution is 2.33. The normalized spacial score (nSPS) is 16.2. The summed E-state index contributed by atoms with van der Waals surface area (Å²) in [6.07, 6.45) is 2.58. The number of rotatable bonds is 4. The van der Waals surface area contributed by atoms with E-state index in [0.717, 1.165) is 40.6 Å². The van der Waals surface area contributed by atoms with Crippen molar-refractivity contribution in [1.29, 1.82) is 0 Å². The zero-order valence-electron chi connectivity index (χ0n) is 15.3. The number of nitrogens with one attached hydrogen (secondary N) is 1. The van der Waals surface area contributed by atoms with Gasteiger partial charge < -0.3 is 15.9 Å².